The van der Waals surface area contributed by atoms with E-state index in [-0.39, 0.29) is 11.5 Å². The van der Waals surface area contributed by atoms with Gasteiger partial charge in [0.1, 0.15) is 23.5 Å². The highest BCUT2D eigenvalue weighted by atomic mass is 16.5. The van der Waals surface area contributed by atoms with Crippen LogP contribution in [-0.4, -0.2) is 41.7 Å². The van der Waals surface area contributed by atoms with Crippen LogP contribution in [0.1, 0.15) is 33.3 Å². The van der Waals surface area contributed by atoms with Crippen LogP contribution in [-0.2, 0) is 16.0 Å². The molecule has 0 saturated carbocycles. The Bertz CT molecular complexity index is 533. The van der Waals surface area contributed by atoms with Gasteiger partial charge in [-0.3, -0.25) is 9.59 Å². The third-order valence-corrected chi connectivity index (χ3v) is 3.05. The zero-order valence-electron chi connectivity index (χ0n) is 14.3. The number of hydrogen-bond acceptors (Lipinski definition) is 4. The van der Waals surface area contributed by atoms with Crippen LogP contribution in [0.15, 0.2) is 24.3 Å². The summed E-state index contributed by atoms with van der Waals surface area (Å²) in [6.45, 7) is 7.26. The van der Waals surface area contributed by atoms with Crippen LogP contribution in [0.4, 0.5) is 0 Å². The molecule has 0 radical (unpaired) electrons. The Kier molecular flexibility index (Phi) is 6.57. The summed E-state index contributed by atoms with van der Waals surface area (Å²) >= 11 is 0. The van der Waals surface area contributed by atoms with Gasteiger partial charge in [-0.25, -0.2) is 0 Å². The van der Waals surface area contributed by atoms with Crippen molar-refractivity contribution >= 4 is 11.8 Å². The third-order valence-electron chi connectivity index (χ3n) is 3.05. The number of ether oxygens (including phenoxy) is 1. The standard InChI is InChI=1S/C17H26N2O4/c1-11(20)15(21)19-14(16(22)18-5)10-12-6-8-13(9-7-12)23-17(2,3)4/h6-9,11,14,20H,10H2,1-5H3,(H,18,22)(H,19,21). The molecule has 0 aromatic heterocycles. The SMILES string of the molecule is CNC(=O)C(Cc1ccc(OC(C)(C)C)cc1)NC(=O)C(C)O. The van der Waals surface area contributed by atoms with Crippen molar-refractivity contribution in [3.8, 4) is 5.75 Å². The lowest BCUT2D eigenvalue weighted by molar-refractivity contribution is -0.133. The third kappa shape index (κ3) is 6.69. The summed E-state index contributed by atoms with van der Waals surface area (Å²) in [6, 6.07) is 6.63. The molecule has 23 heavy (non-hydrogen) atoms. The first-order valence-corrected chi connectivity index (χ1v) is 7.60. The predicted molar refractivity (Wildman–Crippen MR) is 88.2 cm³/mol. The summed E-state index contributed by atoms with van der Waals surface area (Å²) in [5.41, 5.74) is 0.600. The Morgan fingerprint density at radius 1 is 1.17 bits per heavy atom. The lowest BCUT2D eigenvalue weighted by Crippen LogP contribution is -2.49. The van der Waals surface area contributed by atoms with Gasteiger partial charge < -0.3 is 20.5 Å². The first-order chi connectivity index (χ1) is 10.6. The van der Waals surface area contributed by atoms with Crippen molar-refractivity contribution in [2.45, 2.75) is 51.9 Å². The van der Waals surface area contributed by atoms with Gasteiger partial charge in [0.05, 0.1) is 0 Å². The molecule has 0 bridgehead atoms. The highest BCUT2D eigenvalue weighted by Crippen LogP contribution is 2.19. The number of aliphatic hydroxyl groups excluding tert-OH is 1. The average Bonchev–Trinajstić information content (AvgIpc) is 2.45. The van der Waals surface area contributed by atoms with Gasteiger partial charge in [0.25, 0.3) is 0 Å². The quantitative estimate of drug-likeness (QED) is 0.730. The fraction of sp³-hybridized carbons (Fsp3) is 0.529. The Morgan fingerprint density at radius 3 is 2.17 bits per heavy atom. The molecule has 0 spiro atoms. The molecule has 3 N–H and O–H groups in total. The Balaban J connectivity index is 2.79. The molecule has 0 aliphatic rings. The number of likely N-dealkylation sites (N-methyl/N-ethyl adjacent to an activating group) is 1. The zero-order valence-corrected chi connectivity index (χ0v) is 14.3. The number of amides is 2. The number of aliphatic hydroxyl groups is 1. The van der Waals surface area contributed by atoms with Gasteiger partial charge >= 0.3 is 0 Å². The highest BCUT2D eigenvalue weighted by Gasteiger charge is 2.22. The van der Waals surface area contributed by atoms with Crippen molar-refractivity contribution < 1.29 is 19.4 Å². The average molecular weight is 322 g/mol. The number of carbonyl (C=O) groups is 2. The topological polar surface area (TPSA) is 87.7 Å². The van der Waals surface area contributed by atoms with Crippen molar-refractivity contribution in [1.82, 2.24) is 10.6 Å². The smallest absolute Gasteiger partial charge is 0.249 e. The van der Waals surface area contributed by atoms with Crippen LogP contribution >= 0.6 is 0 Å². The van der Waals surface area contributed by atoms with Gasteiger partial charge in [-0.1, -0.05) is 12.1 Å². The maximum absolute atomic E-state index is 11.9. The van der Waals surface area contributed by atoms with E-state index in [0.29, 0.717) is 6.42 Å². The molecular formula is C17H26N2O4. The molecule has 0 aliphatic heterocycles. The Hall–Kier alpha value is -2.08. The molecule has 6 heteroatoms. The normalized spacial score (nSPS) is 13.8. The van der Waals surface area contributed by atoms with Gasteiger partial charge in [0.2, 0.25) is 11.8 Å². The van der Waals surface area contributed by atoms with Crippen LogP contribution in [0.3, 0.4) is 0 Å². The highest BCUT2D eigenvalue weighted by molar-refractivity contribution is 5.89. The Labute approximate surface area is 137 Å². The van der Waals surface area contributed by atoms with E-state index in [1.54, 1.807) is 0 Å². The van der Waals surface area contributed by atoms with E-state index in [0.717, 1.165) is 11.3 Å². The molecular weight excluding hydrogens is 296 g/mol. The fourth-order valence-electron chi connectivity index (χ4n) is 1.96. The molecule has 2 amide bonds. The number of hydrogen-bond donors (Lipinski definition) is 3. The molecule has 128 valence electrons. The Morgan fingerprint density at radius 2 is 1.74 bits per heavy atom. The summed E-state index contributed by atoms with van der Waals surface area (Å²) in [5.74, 6) is -0.147. The second-order valence-electron chi connectivity index (χ2n) is 6.41. The van der Waals surface area contributed by atoms with Crippen LogP contribution in [0.2, 0.25) is 0 Å². The lowest BCUT2D eigenvalue weighted by atomic mass is 10.0. The molecule has 2 unspecified atom stereocenters. The van der Waals surface area contributed by atoms with Crippen molar-refractivity contribution in [3.63, 3.8) is 0 Å². The van der Waals surface area contributed by atoms with Crippen molar-refractivity contribution in [2.75, 3.05) is 7.05 Å². The molecule has 0 saturated heterocycles. The summed E-state index contributed by atoms with van der Waals surface area (Å²) in [7, 11) is 1.50. The number of rotatable bonds is 6. The molecule has 0 heterocycles. The molecule has 2 atom stereocenters. The van der Waals surface area contributed by atoms with E-state index in [1.807, 2.05) is 45.0 Å². The van der Waals surface area contributed by atoms with E-state index in [9.17, 15) is 14.7 Å². The van der Waals surface area contributed by atoms with Crippen LogP contribution in [0.25, 0.3) is 0 Å². The zero-order chi connectivity index (χ0) is 17.6. The second kappa shape index (κ2) is 7.97. The van der Waals surface area contributed by atoms with Gasteiger partial charge in [-0.2, -0.15) is 0 Å². The largest absolute Gasteiger partial charge is 0.488 e. The van der Waals surface area contributed by atoms with Crippen LogP contribution in [0.5, 0.6) is 5.75 Å². The summed E-state index contributed by atoms with van der Waals surface area (Å²) in [4.78, 5) is 23.5. The van der Waals surface area contributed by atoms with E-state index < -0.39 is 18.1 Å². The minimum atomic E-state index is -1.16. The molecule has 0 fully saturated rings. The molecule has 6 nitrogen and oxygen atoms in total. The number of nitrogens with one attached hydrogen (secondary N) is 2. The number of carbonyl (C=O) groups excluding carboxylic acids is 2. The maximum Gasteiger partial charge on any atom is 0.249 e. The van der Waals surface area contributed by atoms with Gasteiger partial charge in [0, 0.05) is 13.5 Å². The summed E-state index contributed by atoms with van der Waals surface area (Å²) in [5, 5.41) is 14.3. The van der Waals surface area contributed by atoms with Crippen molar-refractivity contribution in [3.05, 3.63) is 29.8 Å². The minimum Gasteiger partial charge on any atom is -0.488 e. The monoisotopic (exact) mass is 322 g/mol. The fourth-order valence-corrected chi connectivity index (χ4v) is 1.96. The predicted octanol–water partition coefficient (Wildman–Crippen LogP) is 1.02. The number of benzene rings is 1. The lowest BCUT2D eigenvalue weighted by Gasteiger charge is -2.22. The van der Waals surface area contributed by atoms with Crippen molar-refractivity contribution in [2.24, 2.45) is 0 Å². The van der Waals surface area contributed by atoms with E-state index in [2.05, 4.69) is 10.6 Å². The minimum absolute atomic E-state index is 0.280. The molecule has 1 aromatic carbocycles. The maximum atomic E-state index is 11.9. The first-order valence-electron chi connectivity index (χ1n) is 7.60. The second-order valence-corrected chi connectivity index (χ2v) is 6.41. The van der Waals surface area contributed by atoms with Gasteiger partial charge in [-0.15, -0.1) is 0 Å². The summed E-state index contributed by atoms with van der Waals surface area (Å²) in [6.07, 6.45) is -0.835. The summed E-state index contributed by atoms with van der Waals surface area (Å²) < 4.78 is 5.74. The van der Waals surface area contributed by atoms with Crippen LogP contribution in [0, 0.1) is 0 Å². The van der Waals surface area contributed by atoms with Gasteiger partial charge in [0.15, 0.2) is 0 Å². The first kappa shape index (κ1) is 19.0. The molecule has 1 aromatic rings. The van der Waals surface area contributed by atoms with Gasteiger partial charge in [-0.05, 0) is 45.4 Å². The van der Waals surface area contributed by atoms with Crippen molar-refractivity contribution in [1.29, 1.82) is 0 Å². The molecule has 0 aliphatic carbocycles. The van der Waals surface area contributed by atoms with E-state index in [4.69, 9.17) is 4.74 Å². The molecule has 1 rings (SSSR count). The van der Waals surface area contributed by atoms with E-state index in [1.165, 1.54) is 14.0 Å². The van der Waals surface area contributed by atoms with E-state index >= 15 is 0 Å². The van der Waals surface area contributed by atoms with Crippen LogP contribution < -0.4 is 15.4 Å².